The molecule has 3 fully saturated rings. The molecule has 6 rings (SSSR count). The van der Waals surface area contributed by atoms with E-state index in [9.17, 15) is 8.42 Å². The third kappa shape index (κ3) is 4.35. The predicted molar refractivity (Wildman–Crippen MR) is 128 cm³/mol. The van der Waals surface area contributed by atoms with Crippen molar-refractivity contribution in [3.05, 3.63) is 35.9 Å². The van der Waals surface area contributed by atoms with Gasteiger partial charge in [0.05, 0.1) is 5.25 Å². The van der Waals surface area contributed by atoms with Gasteiger partial charge in [-0.25, -0.2) is 8.42 Å². The van der Waals surface area contributed by atoms with Gasteiger partial charge >= 0.3 is 0 Å². The van der Waals surface area contributed by atoms with E-state index in [2.05, 4.69) is 32.5 Å². The number of hydrogen-bond donors (Lipinski definition) is 1. The lowest BCUT2D eigenvalue weighted by molar-refractivity contribution is 0.174. The molecule has 1 aromatic carbocycles. The quantitative estimate of drug-likeness (QED) is 0.664. The minimum Gasteiger partial charge on any atom is -0.454 e. The maximum atomic E-state index is 12.9. The van der Waals surface area contributed by atoms with Gasteiger partial charge in [-0.1, -0.05) is 25.3 Å². The summed E-state index contributed by atoms with van der Waals surface area (Å²) in [6, 6.07) is 9.99. The minimum atomic E-state index is -3.38. The summed E-state index contributed by atoms with van der Waals surface area (Å²) < 4.78 is 36.6. The number of benzene rings is 1. The molecule has 0 radical (unpaired) electrons. The van der Waals surface area contributed by atoms with Gasteiger partial charge in [-0.15, -0.1) is 10.2 Å². The van der Waals surface area contributed by atoms with Gasteiger partial charge in [-0.05, 0) is 67.3 Å². The molecule has 182 valence electrons. The summed E-state index contributed by atoms with van der Waals surface area (Å²) in [7, 11) is -3.38. The smallest absolute Gasteiger partial charge is 0.231 e. The van der Waals surface area contributed by atoms with Crippen LogP contribution in [0.1, 0.15) is 50.5 Å². The molecule has 2 aliphatic carbocycles. The van der Waals surface area contributed by atoms with Gasteiger partial charge in [-0.3, -0.25) is 4.90 Å². The number of rotatable bonds is 6. The van der Waals surface area contributed by atoms with E-state index in [0.29, 0.717) is 30.5 Å². The molecule has 2 unspecified atom stereocenters. The maximum absolute atomic E-state index is 12.9. The van der Waals surface area contributed by atoms with Crippen LogP contribution in [-0.4, -0.2) is 54.7 Å². The van der Waals surface area contributed by atoms with Crippen molar-refractivity contribution < 1.29 is 17.9 Å². The van der Waals surface area contributed by atoms with Crippen molar-refractivity contribution in [2.45, 2.75) is 67.8 Å². The lowest BCUT2D eigenvalue weighted by Gasteiger charge is -2.21. The summed E-state index contributed by atoms with van der Waals surface area (Å²) in [5, 5.41) is 11.6. The van der Waals surface area contributed by atoms with E-state index in [0.717, 1.165) is 76.1 Å². The number of fused-ring (bicyclic) bond motifs is 2. The highest BCUT2D eigenvalue weighted by Gasteiger charge is 2.41. The fourth-order valence-corrected chi connectivity index (χ4v) is 7.95. The van der Waals surface area contributed by atoms with Gasteiger partial charge in [0.15, 0.2) is 26.4 Å². The van der Waals surface area contributed by atoms with Crippen LogP contribution in [-0.2, 0) is 16.4 Å². The van der Waals surface area contributed by atoms with Gasteiger partial charge in [0.1, 0.15) is 5.82 Å². The molecule has 0 bridgehead atoms. The normalized spacial score (nSPS) is 27.1. The van der Waals surface area contributed by atoms with Crippen molar-refractivity contribution in [1.82, 2.24) is 15.1 Å². The number of anilines is 1. The topological polar surface area (TPSA) is 93.7 Å². The van der Waals surface area contributed by atoms with Crippen molar-refractivity contribution in [3.8, 4) is 11.5 Å². The Balaban J connectivity index is 1.02. The molecular formula is C25H32N4O4S. The average molecular weight is 485 g/mol. The molecule has 9 heteroatoms. The first-order chi connectivity index (χ1) is 16.5. The van der Waals surface area contributed by atoms with Crippen LogP contribution in [0, 0.1) is 11.8 Å². The molecule has 0 amide bonds. The first kappa shape index (κ1) is 22.1. The minimum absolute atomic E-state index is 0.118. The van der Waals surface area contributed by atoms with Crippen LogP contribution in [0.15, 0.2) is 35.4 Å². The summed E-state index contributed by atoms with van der Waals surface area (Å²) in [5.41, 5.74) is 1.26. The summed E-state index contributed by atoms with van der Waals surface area (Å²) in [6.45, 7) is 3.44. The zero-order valence-corrected chi connectivity index (χ0v) is 20.2. The van der Waals surface area contributed by atoms with Crippen molar-refractivity contribution in [2.75, 3.05) is 25.2 Å². The number of nitrogens with zero attached hydrogens (tertiary/aromatic N) is 3. The van der Waals surface area contributed by atoms with Gasteiger partial charge in [0.2, 0.25) is 6.79 Å². The van der Waals surface area contributed by atoms with Crippen LogP contribution in [0.5, 0.6) is 11.5 Å². The van der Waals surface area contributed by atoms with Crippen molar-refractivity contribution >= 4 is 15.7 Å². The van der Waals surface area contributed by atoms with Gasteiger partial charge < -0.3 is 14.8 Å². The lowest BCUT2D eigenvalue weighted by Crippen LogP contribution is -2.26. The second-order valence-corrected chi connectivity index (χ2v) is 12.5. The van der Waals surface area contributed by atoms with Gasteiger partial charge in [0, 0.05) is 25.7 Å². The Hall–Kier alpha value is -2.39. The molecule has 3 atom stereocenters. The average Bonchev–Trinajstić information content (AvgIpc) is 3.55. The standard InChI is InChI=1S/C25H32N4O4S/c30-34(31,21-4-2-1-3-5-21)25-9-8-24(27-28-25)26-20-11-18-14-29(15-19(18)12-20)13-17-6-7-22-23(10-17)33-16-32-22/h6-10,18-21H,1-5,11-16H2,(H,26,27)/t18-,19?,20?/m1/s1. The number of likely N-dealkylation sites (tertiary alicyclic amines) is 1. The third-order valence-corrected chi connectivity index (χ3v) is 10.1. The second kappa shape index (κ2) is 9.00. The van der Waals surface area contributed by atoms with E-state index in [1.807, 2.05) is 6.07 Å². The second-order valence-electron chi connectivity index (χ2n) is 10.3. The Morgan fingerprint density at radius 1 is 0.941 bits per heavy atom. The van der Waals surface area contributed by atoms with Crippen molar-refractivity contribution in [1.29, 1.82) is 0 Å². The zero-order valence-electron chi connectivity index (χ0n) is 19.4. The highest BCUT2D eigenvalue weighted by Crippen LogP contribution is 2.40. The molecule has 2 saturated carbocycles. The van der Waals surface area contributed by atoms with Crippen LogP contribution in [0.25, 0.3) is 0 Å². The SMILES string of the molecule is O=S(=O)(c1ccc(NC2CC3CN(Cc4ccc5c(c4)OCO5)C[C@H]3C2)nn1)C1CCCCC1. The van der Waals surface area contributed by atoms with Crippen LogP contribution >= 0.6 is 0 Å². The number of hydrogen-bond acceptors (Lipinski definition) is 8. The zero-order chi connectivity index (χ0) is 23.1. The molecule has 4 aliphatic rings. The van der Waals surface area contributed by atoms with Crippen LogP contribution in [0.4, 0.5) is 5.82 Å². The fraction of sp³-hybridized carbons (Fsp3) is 0.600. The van der Waals surface area contributed by atoms with Crippen LogP contribution in [0.2, 0.25) is 0 Å². The number of ether oxygens (including phenoxy) is 2. The fourth-order valence-electron chi connectivity index (χ4n) is 6.25. The van der Waals surface area contributed by atoms with Crippen LogP contribution < -0.4 is 14.8 Å². The van der Waals surface area contributed by atoms with Crippen LogP contribution in [0.3, 0.4) is 0 Å². The Bertz CT molecular complexity index is 1120. The van der Waals surface area contributed by atoms with Gasteiger partial charge in [0.25, 0.3) is 0 Å². The molecule has 34 heavy (non-hydrogen) atoms. The number of sulfone groups is 1. The molecule has 2 aliphatic heterocycles. The molecule has 1 aromatic heterocycles. The Kier molecular flexibility index (Phi) is 5.85. The number of aromatic nitrogens is 2. The summed E-state index contributed by atoms with van der Waals surface area (Å²) in [6.07, 6.45) is 6.77. The van der Waals surface area contributed by atoms with E-state index < -0.39 is 9.84 Å². The largest absolute Gasteiger partial charge is 0.454 e. The van der Waals surface area contributed by atoms with E-state index in [-0.39, 0.29) is 10.3 Å². The third-order valence-electron chi connectivity index (χ3n) is 7.94. The number of nitrogens with one attached hydrogen (secondary N) is 1. The molecule has 2 aromatic rings. The summed E-state index contributed by atoms with van der Waals surface area (Å²) >= 11 is 0. The first-order valence-electron chi connectivity index (χ1n) is 12.5. The molecule has 0 spiro atoms. The van der Waals surface area contributed by atoms with E-state index in [1.54, 1.807) is 12.1 Å². The highest BCUT2D eigenvalue weighted by molar-refractivity contribution is 7.92. The molecule has 1 N–H and O–H groups in total. The van der Waals surface area contributed by atoms with Crippen molar-refractivity contribution in [3.63, 3.8) is 0 Å². The van der Waals surface area contributed by atoms with E-state index >= 15 is 0 Å². The van der Waals surface area contributed by atoms with E-state index in [1.165, 1.54) is 5.56 Å². The van der Waals surface area contributed by atoms with Crippen molar-refractivity contribution in [2.24, 2.45) is 11.8 Å². The predicted octanol–water partition coefficient (Wildman–Crippen LogP) is 3.63. The van der Waals surface area contributed by atoms with Gasteiger partial charge in [-0.2, -0.15) is 0 Å². The molecule has 3 heterocycles. The maximum Gasteiger partial charge on any atom is 0.231 e. The first-order valence-corrected chi connectivity index (χ1v) is 14.0. The summed E-state index contributed by atoms with van der Waals surface area (Å²) in [5.74, 6) is 3.69. The Morgan fingerprint density at radius 3 is 2.44 bits per heavy atom. The lowest BCUT2D eigenvalue weighted by atomic mass is 10.0. The van der Waals surface area contributed by atoms with E-state index in [4.69, 9.17) is 9.47 Å². The highest BCUT2D eigenvalue weighted by atomic mass is 32.2. The monoisotopic (exact) mass is 484 g/mol. The molecular weight excluding hydrogens is 452 g/mol. The Labute approximate surface area is 201 Å². The summed E-state index contributed by atoms with van der Waals surface area (Å²) in [4.78, 5) is 2.54. The Morgan fingerprint density at radius 2 is 1.71 bits per heavy atom. The molecule has 1 saturated heterocycles. The molecule has 8 nitrogen and oxygen atoms in total.